The molecule has 0 fully saturated rings. The first kappa shape index (κ1) is 16.2. The highest BCUT2D eigenvalue weighted by Gasteiger charge is 2.13. The number of carbonyl (C=O) groups is 2. The lowest BCUT2D eigenvalue weighted by Gasteiger charge is -2.16. The number of nitrogens with one attached hydrogen (secondary N) is 1. The molecule has 0 saturated carbocycles. The van der Waals surface area contributed by atoms with E-state index < -0.39 is 0 Å². The van der Waals surface area contributed by atoms with Gasteiger partial charge in [0.1, 0.15) is 0 Å². The number of hydrogen-bond donors (Lipinski definition) is 2. The van der Waals surface area contributed by atoms with E-state index in [-0.39, 0.29) is 18.4 Å². The van der Waals surface area contributed by atoms with Crippen molar-refractivity contribution in [2.45, 2.75) is 26.3 Å². The molecule has 0 spiro atoms. The van der Waals surface area contributed by atoms with Crippen LogP contribution in [0.15, 0.2) is 24.3 Å². The molecular weight excluding hydrogens is 254 g/mol. The minimum Gasteiger partial charge on any atom is -0.355 e. The summed E-state index contributed by atoms with van der Waals surface area (Å²) < 4.78 is 0. The van der Waals surface area contributed by atoms with Crippen LogP contribution in [-0.4, -0.2) is 36.9 Å². The zero-order valence-corrected chi connectivity index (χ0v) is 12.2. The summed E-state index contributed by atoms with van der Waals surface area (Å²) in [5.74, 6) is -0.196. The van der Waals surface area contributed by atoms with E-state index in [0.29, 0.717) is 19.5 Å². The fourth-order valence-electron chi connectivity index (χ4n) is 1.73. The van der Waals surface area contributed by atoms with Crippen molar-refractivity contribution in [2.75, 3.05) is 20.1 Å². The number of carbonyl (C=O) groups excluding carboxylic acids is 2. The maximum absolute atomic E-state index is 12.0. The summed E-state index contributed by atoms with van der Waals surface area (Å²) in [6.45, 7) is 3.22. The van der Waals surface area contributed by atoms with E-state index in [2.05, 4.69) is 5.32 Å². The minimum absolute atomic E-state index is 0.0721. The summed E-state index contributed by atoms with van der Waals surface area (Å²) in [5, 5.41) is 2.75. The lowest BCUT2D eigenvalue weighted by atomic mass is 10.1. The number of nitrogens with two attached hydrogens (primary N) is 1. The van der Waals surface area contributed by atoms with Crippen LogP contribution in [0.1, 0.15) is 24.5 Å². The molecule has 110 valence electrons. The molecule has 0 aliphatic heterocycles. The third kappa shape index (κ3) is 5.40. The Balaban J connectivity index is 2.46. The molecule has 3 N–H and O–H groups in total. The van der Waals surface area contributed by atoms with E-state index in [1.165, 1.54) is 4.90 Å². The first-order valence-corrected chi connectivity index (χ1v) is 6.85. The van der Waals surface area contributed by atoms with Crippen LogP contribution in [0.25, 0.3) is 0 Å². The predicted molar refractivity (Wildman–Crippen MR) is 79.0 cm³/mol. The largest absolute Gasteiger partial charge is 0.355 e. The number of rotatable bonds is 7. The molecule has 5 heteroatoms. The molecule has 0 radical (unpaired) electrons. The third-order valence-corrected chi connectivity index (χ3v) is 2.99. The highest BCUT2D eigenvalue weighted by atomic mass is 16.2. The van der Waals surface area contributed by atoms with Gasteiger partial charge in [-0.1, -0.05) is 31.2 Å². The van der Waals surface area contributed by atoms with Crippen molar-refractivity contribution in [1.82, 2.24) is 10.2 Å². The first-order chi connectivity index (χ1) is 9.56. The molecule has 0 atom stereocenters. The molecule has 5 nitrogen and oxygen atoms in total. The average Bonchev–Trinajstić information content (AvgIpc) is 2.45. The monoisotopic (exact) mass is 277 g/mol. The highest BCUT2D eigenvalue weighted by molar-refractivity contribution is 5.85. The summed E-state index contributed by atoms with van der Waals surface area (Å²) in [6.07, 6.45) is 1.18. The summed E-state index contributed by atoms with van der Waals surface area (Å²) in [5.41, 5.74) is 7.48. The zero-order chi connectivity index (χ0) is 15.0. The van der Waals surface area contributed by atoms with Crippen molar-refractivity contribution < 1.29 is 9.59 Å². The fraction of sp³-hybridized carbons (Fsp3) is 0.467. The zero-order valence-electron chi connectivity index (χ0n) is 12.2. The Bertz CT molecular complexity index is 443. The van der Waals surface area contributed by atoms with Crippen molar-refractivity contribution in [3.63, 3.8) is 0 Å². The van der Waals surface area contributed by atoms with Gasteiger partial charge in [-0.3, -0.25) is 9.59 Å². The van der Waals surface area contributed by atoms with Crippen molar-refractivity contribution in [3.05, 3.63) is 35.4 Å². The second-order valence-corrected chi connectivity index (χ2v) is 4.80. The molecule has 1 rings (SSSR count). The Hall–Kier alpha value is -1.88. The van der Waals surface area contributed by atoms with Crippen LogP contribution in [-0.2, 0) is 22.6 Å². The van der Waals surface area contributed by atoms with Crippen LogP contribution >= 0.6 is 0 Å². The number of benzene rings is 1. The van der Waals surface area contributed by atoms with Crippen molar-refractivity contribution >= 4 is 11.8 Å². The van der Waals surface area contributed by atoms with Crippen LogP contribution in [0.2, 0.25) is 0 Å². The van der Waals surface area contributed by atoms with Crippen molar-refractivity contribution in [3.8, 4) is 0 Å². The molecule has 0 unspecified atom stereocenters. The van der Waals surface area contributed by atoms with Gasteiger partial charge in [0.05, 0.1) is 13.0 Å². The Kier molecular flexibility index (Phi) is 6.73. The van der Waals surface area contributed by atoms with Gasteiger partial charge in [0, 0.05) is 20.1 Å². The lowest BCUT2D eigenvalue weighted by Crippen LogP contribution is -2.39. The quantitative estimate of drug-likeness (QED) is 0.769. The van der Waals surface area contributed by atoms with E-state index in [4.69, 9.17) is 5.73 Å². The lowest BCUT2D eigenvalue weighted by molar-refractivity contribution is -0.134. The Morgan fingerprint density at radius 1 is 1.20 bits per heavy atom. The minimum atomic E-state index is -0.124. The highest BCUT2D eigenvalue weighted by Crippen LogP contribution is 2.05. The average molecular weight is 277 g/mol. The first-order valence-electron chi connectivity index (χ1n) is 6.85. The molecule has 20 heavy (non-hydrogen) atoms. The molecule has 0 bridgehead atoms. The van der Waals surface area contributed by atoms with E-state index in [9.17, 15) is 9.59 Å². The Morgan fingerprint density at radius 2 is 1.80 bits per heavy atom. The van der Waals surface area contributed by atoms with Gasteiger partial charge in [0.2, 0.25) is 11.8 Å². The van der Waals surface area contributed by atoms with Gasteiger partial charge in [-0.2, -0.15) is 0 Å². The van der Waals surface area contributed by atoms with Gasteiger partial charge < -0.3 is 16.0 Å². The third-order valence-electron chi connectivity index (χ3n) is 2.99. The van der Waals surface area contributed by atoms with Crippen LogP contribution in [0.5, 0.6) is 0 Å². The topological polar surface area (TPSA) is 75.4 Å². The van der Waals surface area contributed by atoms with Gasteiger partial charge >= 0.3 is 0 Å². The SMILES string of the molecule is CCCNC(=O)CN(C)C(=O)Cc1ccc(CN)cc1. The maximum atomic E-state index is 12.0. The van der Waals surface area contributed by atoms with Gasteiger partial charge in [0.15, 0.2) is 0 Å². The van der Waals surface area contributed by atoms with Gasteiger partial charge in [-0.25, -0.2) is 0 Å². The summed E-state index contributed by atoms with van der Waals surface area (Å²) in [4.78, 5) is 25.0. The maximum Gasteiger partial charge on any atom is 0.239 e. The summed E-state index contributed by atoms with van der Waals surface area (Å²) >= 11 is 0. The van der Waals surface area contributed by atoms with Crippen LogP contribution in [0.3, 0.4) is 0 Å². The van der Waals surface area contributed by atoms with E-state index >= 15 is 0 Å². The number of amides is 2. The fourth-order valence-corrected chi connectivity index (χ4v) is 1.73. The van der Waals surface area contributed by atoms with Gasteiger partial charge in [0.25, 0.3) is 0 Å². The molecule has 0 heterocycles. The van der Waals surface area contributed by atoms with E-state index in [1.54, 1.807) is 7.05 Å². The Labute approximate surface area is 120 Å². The van der Waals surface area contributed by atoms with Crippen LogP contribution in [0.4, 0.5) is 0 Å². The molecular formula is C15H23N3O2. The number of hydrogen-bond acceptors (Lipinski definition) is 3. The van der Waals surface area contributed by atoms with Crippen molar-refractivity contribution in [1.29, 1.82) is 0 Å². The van der Waals surface area contributed by atoms with Gasteiger partial charge in [-0.05, 0) is 17.5 Å². The normalized spacial score (nSPS) is 10.2. The standard InChI is InChI=1S/C15H23N3O2/c1-3-8-17-14(19)11-18(2)15(20)9-12-4-6-13(10-16)7-5-12/h4-7H,3,8-11,16H2,1-2H3,(H,17,19). The molecule has 1 aromatic rings. The molecule has 1 aromatic carbocycles. The van der Waals surface area contributed by atoms with Crippen LogP contribution in [0, 0.1) is 0 Å². The van der Waals surface area contributed by atoms with Crippen molar-refractivity contribution in [2.24, 2.45) is 5.73 Å². The Morgan fingerprint density at radius 3 is 2.35 bits per heavy atom. The summed E-state index contributed by atoms with van der Waals surface area (Å²) in [7, 11) is 1.64. The predicted octanol–water partition coefficient (Wildman–Crippen LogP) is 0.672. The van der Waals surface area contributed by atoms with E-state index in [0.717, 1.165) is 17.5 Å². The molecule has 2 amide bonds. The summed E-state index contributed by atoms with van der Waals surface area (Å²) in [6, 6.07) is 7.61. The molecule has 0 aromatic heterocycles. The second-order valence-electron chi connectivity index (χ2n) is 4.80. The molecule has 0 saturated heterocycles. The number of likely N-dealkylation sites (N-methyl/N-ethyl adjacent to an activating group) is 1. The molecule has 0 aliphatic rings. The van der Waals surface area contributed by atoms with Crippen LogP contribution < -0.4 is 11.1 Å². The number of nitrogens with zero attached hydrogens (tertiary/aromatic N) is 1. The smallest absolute Gasteiger partial charge is 0.239 e. The van der Waals surface area contributed by atoms with E-state index in [1.807, 2.05) is 31.2 Å². The molecule has 0 aliphatic carbocycles. The van der Waals surface area contributed by atoms with Gasteiger partial charge in [-0.15, -0.1) is 0 Å². The second kappa shape index (κ2) is 8.32.